The fourth-order valence-electron chi connectivity index (χ4n) is 3.21. The van der Waals surface area contributed by atoms with Crippen LogP contribution < -0.4 is 5.32 Å². The van der Waals surface area contributed by atoms with Gasteiger partial charge in [0.15, 0.2) is 11.4 Å². The molecule has 0 radical (unpaired) electrons. The van der Waals surface area contributed by atoms with Gasteiger partial charge in [0, 0.05) is 19.1 Å². The van der Waals surface area contributed by atoms with Crippen molar-refractivity contribution >= 4 is 18.3 Å². The minimum atomic E-state index is -0.213. The second-order valence-corrected chi connectivity index (χ2v) is 6.93. The van der Waals surface area contributed by atoms with Gasteiger partial charge in [0.25, 0.3) is 5.91 Å². The van der Waals surface area contributed by atoms with E-state index < -0.39 is 0 Å². The number of amides is 1. The Morgan fingerprint density at radius 3 is 2.62 bits per heavy atom. The first-order chi connectivity index (χ1) is 12.0. The van der Waals surface area contributed by atoms with Crippen LogP contribution in [0.4, 0.5) is 0 Å². The molecule has 1 aromatic heterocycles. The molecule has 3 rings (SSSR count). The van der Waals surface area contributed by atoms with Gasteiger partial charge in [-0.2, -0.15) is 5.10 Å². The second-order valence-electron chi connectivity index (χ2n) is 6.93. The van der Waals surface area contributed by atoms with Crippen LogP contribution in [0.1, 0.15) is 48.7 Å². The van der Waals surface area contributed by atoms with Gasteiger partial charge < -0.3 is 15.3 Å². The molecule has 1 atom stereocenters. The van der Waals surface area contributed by atoms with Crippen LogP contribution in [-0.4, -0.2) is 51.9 Å². The summed E-state index contributed by atoms with van der Waals surface area (Å²) in [6, 6.07) is 8.29. The monoisotopic (exact) mass is 378 g/mol. The average molecular weight is 379 g/mol. The van der Waals surface area contributed by atoms with Crippen molar-refractivity contribution in [1.82, 2.24) is 20.0 Å². The summed E-state index contributed by atoms with van der Waals surface area (Å²) in [7, 11) is 1.91. The Balaban J connectivity index is 0.00000243. The molecule has 142 valence electrons. The predicted molar refractivity (Wildman–Crippen MR) is 105 cm³/mol. The van der Waals surface area contributed by atoms with E-state index in [4.69, 9.17) is 0 Å². The molecule has 1 aliphatic heterocycles. The number of hydrogen-bond acceptors (Lipinski definition) is 4. The number of piperidine rings is 1. The highest BCUT2D eigenvalue weighted by atomic mass is 35.5. The molecule has 1 aliphatic rings. The van der Waals surface area contributed by atoms with E-state index in [9.17, 15) is 9.90 Å². The van der Waals surface area contributed by atoms with Crippen LogP contribution in [-0.2, 0) is 0 Å². The predicted octanol–water partition coefficient (Wildman–Crippen LogP) is 2.95. The molecule has 1 saturated heterocycles. The highest BCUT2D eigenvalue weighted by molar-refractivity contribution is 5.95. The molecule has 0 aliphatic carbocycles. The Bertz CT molecular complexity index is 742. The fourth-order valence-corrected chi connectivity index (χ4v) is 3.21. The standard InChI is InChI=1S/C19H26N4O2.ClH/c1-13(2)14-6-8-16(9-7-14)23-12-17(24)18(21-23)19(25)22-10-4-5-15(11-22)20-3;/h6-9,12-13,15,20,24H,4-5,10-11H2,1-3H3;1H. The molecule has 2 N–H and O–H groups in total. The Labute approximate surface area is 160 Å². The maximum atomic E-state index is 12.7. The van der Waals surface area contributed by atoms with Gasteiger partial charge in [-0.1, -0.05) is 26.0 Å². The average Bonchev–Trinajstić information content (AvgIpc) is 3.03. The molecule has 1 amide bonds. The molecular formula is C19H27ClN4O2. The summed E-state index contributed by atoms with van der Waals surface area (Å²) in [5.41, 5.74) is 2.18. The minimum absolute atomic E-state index is 0. The van der Waals surface area contributed by atoms with Crippen LogP contribution in [0.2, 0.25) is 0 Å². The summed E-state index contributed by atoms with van der Waals surface area (Å²) in [4.78, 5) is 14.5. The third kappa shape index (κ3) is 4.19. The second kappa shape index (κ2) is 8.56. The minimum Gasteiger partial charge on any atom is -0.504 e. The number of likely N-dealkylation sites (tertiary alicyclic amines) is 1. The quantitative estimate of drug-likeness (QED) is 0.858. The van der Waals surface area contributed by atoms with Crippen molar-refractivity contribution in [3.63, 3.8) is 0 Å². The first-order valence-corrected chi connectivity index (χ1v) is 8.85. The van der Waals surface area contributed by atoms with E-state index >= 15 is 0 Å². The number of aromatic hydroxyl groups is 1. The molecule has 0 saturated carbocycles. The molecule has 6 nitrogen and oxygen atoms in total. The maximum Gasteiger partial charge on any atom is 0.278 e. The van der Waals surface area contributed by atoms with Crippen LogP contribution >= 0.6 is 12.4 Å². The van der Waals surface area contributed by atoms with Gasteiger partial charge in [-0.05, 0) is 43.5 Å². The third-order valence-corrected chi connectivity index (χ3v) is 4.84. The molecule has 0 bridgehead atoms. The Morgan fingerprint density at radius 2 is 2.00 bits per heavy atom. The lowest BCUT2D eigenvalue weighted by Gasteiger charge is -2.32. The fraction of sp³-hybridized carbons (Fsp3) is 0.474. The van der Waals surface area contributed by atoms with Crippen LogP contribution in [0.5, 0.6) is 5.75 Å². The van der Waals surface area contributed by atoms with Gasteiger partial charge in [-0.15, -0.1) is 12.4 Å². The molecule has 1 unspecified atom stereocenters. The summed E-state index contributed by atoms with van der Waals surface area (Å²) in [6.07, 6.45) is 3.51. The molecule has 0 spiro atoms. The first-order valence-electron chi connectivity index (χ1n) is 8.85. The van der Waals surface area contributed by atoms with E-state index in [-0.39, 0.29) is 29.8 Å². The van der Waals surface area contributed by atoms with Crippen molar-refractivity contribution in [2.24, 2.45) is 0 Å². The summed E-state index contributed by atoms with van der Waals surface area (Å²) in [5.74, 6) is 0.163. The molecular weight excluding hydrogens is 352 g/mol. The Morgan fingerprint density at radius 1 is 1.31 bits per heavy atom. The maximum absolute atomic E-state index is 12.7. The topological polar surface area (TPSA) is 70.4 Å². The SMILES string of the molecule is CNC1CCCN(C(=O)c2nn(-c3ccc(C(C)C)cc3)cc2O)C1.Cl. The summed E-state index contributed by atoms with van der Waals surface area (Å²) >= 11 is 0. The number of nitrogens with one attached hydrogen (secondary N) is 1. The van der Waals surface area contributed by atoms with Crippen LogP contribution in [0.3, 0.4) is 0 Å². The Hall–Kier alpha value is -2.05. The number of likely N-dealkylation sites (N-methyl/N-ethyl adjacent to an activating group) is 1. The molecule has 2 aromatic rings. The summed E-state index contributed by atoms with van der Waals surface area (Å²) in [5, 5.41) is 17.8. The Kier molecular flexibility index (Phi) is 6.67. The van der Waals surface area contributed by atoms with Crippen LogP contribution in [0.25, 0.3) is 5.69 Å². The lowest BCUT2D eigenvalue weighted by molar-refractivity contribution is 0.0688. The number of hydrogen-bond donors (Lipinski definition) is 2. The van der Waals surface area contributed by atoms with E-state index in [1.54, 1.807) is 9.58 Å². The third-order valence-electron chi connectivity index (χ3n) is 4.84. The van der Waals surface area contributed by atoms with Gasteiger partial charge in [0.1, 0.15) is 0 Å². The number of nitrogens with zero attached hydrogens (tertiary/aromatic N) is 3. The highest BCUT2D eigenvalue weighted by Gasteiger charge is 2.27. The normalized spacial score (nSPS) is 17.2. The van der Waals surface area contributed by atoms with E-state index in [2.05, 4.69) is 24.3 Å². The number of benzene rings is 1. The molecule has 26 heavy (non-hydrogen) atoms. The number of carbonyl (C=O) groups is 1. The largest absolute Gasteiger partial charge is 0.504 e. The van der Waals surface area contributed by atoms with E-state index in [0.29, 0.717) is 25.0 Å². The number of halogens is 1. The lowest BCUT2D eigenvalue weighted by Crippen LogP contribution is -2.47. The number of rotatable bonds is 4. The van der Waals surface area contributed by atoms with E-state index in [1.807, 2.05) is 31.3 Å². The van der Waals surface area contributed by atoms with Gasteiger partial charge >= 0.3 is 0 Å². The summed E-state index contributed by atoms with van der Waals surface area (Å²) < 4.78 is 1.56. The van der Waals surface area contributed by atoms with E-state index in [1.165, 1.54) is 11.8 Å². The van der Waals surface area contributed by atoms with E-state index in [0.717, 1.165) is 18.5 Å². The van der Waals surface area contributed by atoms with Crippen LogP contribution in [0.15, 0.2) is 30.5 Å². The van der Waals surface area contributed by atoms with Crippen molar-refractivity contribution in [2.45, 2.75) is 38.6 Å². The number of aromatic nitrogens is 2. The van der Waals surface area contributed by atoms with Crippen molar-refractivity contribution in [2.75, 3.05) is 20.1 Å². The van der Waals surface area contributed by atoms with Gasteiger partial charge in [0.05, 0.1) is 11.9 Å². The molecule has 1 aromatic carbocycles. The highest BCUT2D eigenvalue weighted by Crippen LogP contribution is 2.23. The van der Waals surface area contributed by atoms with Crippen molar-refractivity contribution in [3.8, 4) is 11.4 Å². The van der Waals surface area contributed by atoms with Crippen LogP contribution in [0, 0.1) is 0 Å². The zero-order chi connectivity index (χ0) is 18.0. The van der Waals surface area contributed by atoms with Crippen molar-refractivity contribution in [3.05, 3.63) is 41.7 Å². The van der Waals surface area contributed by atoms with Gasteiger partial charge in [-0.25, -0.2) is 4.68 Å². The van der Waals surface area contributed by atoms with Crippen molar-refractivity contribution in [1.29, 1.82) is 0 Å². The number of carbonyl (C=O) groups excluding carboxylic acids is 1. The van der Waals surface area contributed by atoms with Gasteiger partial charge in [0.2, 0.25) is 0 Å². The molecule has 1 fully saturated rings. The zero-order valence-electron chi connectivity index (χ0n) is 15.5. The molecule has 2 heterocycles. The van der Waals surface area contributed by atoms with Crippen molar-refractivity contribution < 1.29 is 9.90 Å². The lowest BCUT2D eigenvalue weighted by atomic mass is 10.0. The van der Waals surface area contributed by atoms with Gasteiger partial charge in [-0.3, -0.25) is 4.79 Å². The smallest absolute Gasteiger partial charge is 0.278 e. The zero-order valence-corrected chi connectivity index (χ0v) is 16.3. The first kappa shape index (κ1) is 20.3. The summed E-state index contributed by atoms with van der Waals surface area (Å²) in [6.45, 7) is 5.63. The molecule has 7 heteroatoms.